The normalized spacial score (nSPS) is 11.6. The lowest BCUT2D eigenvalue weighted by atomic mass is 9.97. The van der Waals surface area contributed by atoms with Gasteiger partial charge in [0.25, 0.3) is 0 Å². The molecule has 0 saturated heterocycles. The Balaban J connectivity index is 2.35. The van der Waals surface area contributed by atoms with E-state index >= 15 is 0 Å². The van der Waals surface area contributed by atoms with E-state index in [1.165, 1.54) is 5.01 Å². The molecule has 2 rings (SSSR count). The van der Waals surface area contributed by atoms with Gasteiger partial charge in [0, 0.05) is 22.9 Å². The van der Waals surface area contributed by atoms with E-state index in [1.54, 1.807) is 20.4 Å². The number of methoxy groups -OCH3 is 2. The molecule has 0 aliphatic rings. The Bertz CT molecular complexity index is 791. The van der Waals surface area contributed by atoms with E-state index in [0.717, 1.165) is 22.4 Å². The van der Waals surface area contributed by atoms with Gasteiger partial charge in [0.2, 0.25) is 0 Å². The third-order valence-electron chi connectivity index (χ3n) is 4.10. The summed E-state index contributed by atoms with van der Waals surface area (Å²) in [6, 6.07) is 11.4. The predicted octanol–water partition coefficient (Wildman–Crippen LogP) is 4.11. The Morgan fingerprint density at radius 3 is 2.38 bits per heavy atom. The van der Waals surface area contributed by atoms with Crippen molar-refractivity contribution in [1.82, 2.24) is 5.01 Å². The zero-order chi connectivity index (χ0) is 19.3. The summed E-state index contributed by atoms with van der Waals surface area (Å²) < 4.78 is 10.9. The maximum atomic E-state index is 6.31. The van der Waals surface area contributed by atoms with Crippen LogP contribution in [0.15, 0.2) is 42.6 Å². The zero-order valence-corrected chi connectivity index (χ0v) is 16.4. The van der Waals surface area contributed by atoms with E-state index < -0.39 is 0 Å². The fourth-order valence-corrected chi connectivity index (χ4v) is 2.91. The second kappa shape index (κ2) is 8.83. The lowest BCUT2D eigenvalue weighted by Crippen LogP contribution is -2.26. The van der Waals surface area contributed by atoms with Crippen LogP contribution in [0, 0.1) is 0 Å². The molecule has 26 heavy (non-hydrogen) atoms. The van der Waals surface area contributed by atoms with Gasteiger partial charge < -0.3 is 20.2 Å². The number of halogens is 1. The Morgan fingerprint density at radius 2 is 1.81 bits per heavy atom. The number of nitrogens with two attached hydrogens (primary N) is 2. The Kier molecular flexibility index (Phi) is 6.77. The first kappa shape index (κ1) is 19.9. The van der Waals surface area contributed by atoms with E-state index in [4.69, 9.17) is 32.7 Å². The number of nitrogens with zero attached hydrogens (tertiary/aromatic N) is 1. The molecular weight excluding hydrogens is 350 g/mol. The lowest BCUT2D eigenvalue weighted by molar-refractivity contribution is 0.384. The van der Waals surface area contributed by atoms with Crippen LogP contribution in [-0.2, 0) is 6.54 Å². The summed E-state index contributed by atoms with van der Waals surface area (Å²) in [5, 5.41) is 2.17. The van der Waals surface area contributed by atoms with Crippen molar-refractivity contribution in [2.45, 2.75) is 26.3 Å². The minimum absolute atomic E-state index is 0.277. The number of hydrazine groups is 1. The SMILES string of the molecule is COc1cc(OC)c(C(C)C)cc1/C(N)=C/N(N)Cc1ccccc1Cl. The first-order chi connectivity index (χ1) is 12.4. The first-order valence-electron chi connectivity index (χ1n) is 8.35. The highest BCUT2D eigenvalue weighted by Gasteiger charge is 2.15. The van der Waals surface area contributed by atoms with E-state index in [1.807, 2.05) is 36.4 Å². The minimum Gasteiger partial charge on any atom is -0.496 e. The summed E-state index contributed by atoms with van der Waals surface area (Å²) in [5.74, 6) is 7.79. The van der Waals surface area contributed by atoms with E-state index in [9.17, 15) is 0 Å². The molecule has 0 heterocycles. The molecule has 4 N–H and O–H groups in total. The number of rotatable bonds is 7. The van der Waals surface area contributed by atoms with E-state index in [-0.39, 0.29) is 5.92 Å². The highest BCUT2D eigenvalue weighted by atomic mass is 35.5. The average Bonchev–Trinajstić information content (AvgIpc) is 2.62. The van der Waals surface area contributed by atoms with Gasteiger partial charge in [-0.2, -0.15) is 0 Å². The van der Waals surface area contributed by atoms with Crippen LogP contribution in [0.2, 0.25) is 5.02 Å². The summed E-state index contributed by atoms with van der Waals surface area (Å²) in [6.07, 6.45) is 1.68. The third-order valence-corrected chi connectivity index (χ3v) is 4.47. The van der Waals surface area contributed by atoms with Gasteiger partial charge in [0.15, 0.2) is 0 Å². The van der Waals surface area contributed by atoms with Crippen LogP contribution in [0.5, 0.6) is 11.5 Å². The van der Waals surface area contributed by atoms with Crippen LogP contribution < -0.4 is 21.1 Å². The van der Waals surface area contributed by atoms with Crippen molar-refractivity contribution in [1.29, 1.82) is 0 Å². The maximum absolute atomic E-state index is 6.31. The van der Waals surface area contributed by atoms with Gasteiger partial charge >= 0.3 is 0 Å². The maximum Gasteiger partial charge on any atom is 0.131 e. The number of benzene rings is 2. The molecule has 0 unspecified atom stereocenters. The third kappa shape index (κ3) is 4.62. The van der Waals surface area contributed by atoms with Gasteiger partial charge in [0.05, 0.1) is 26.5 Å². The lowest BCUT2D eigenvalue weighted by Gasteiger charge is -2.19. The van der Waals surface area contributed by atoms with E-state index in [0.29, 0.717) is 23.0 Å². The highest BCUT2D eigenvalue weighted by Crippen LogP contribution is 2.35. The van der Waals surface area contributed by atoms with Crippen molar-refractivity contribution in [2.75, 3.05) is 14.2 Å². The molecule has 6 heteroatoms. The van der Waals surface area contributed by atoms with E-state index in [2.05, 4.69) is 13.8 Å². The predicted molar refractivity (Wildman–Crippen MR) is 107 cm³/mol. The van der Waals surface area contributed by atoms with Crippen LogP contribution in [0.4, 0.5) is 0 Å². The summed E-state index contributed by atoms with van der Waals surface area (Å²) in [4.78, 5) is 0. The second-order valence-corrected chi connectivity index (χ2v) is 6.70. The quantitative estimate of drug-likeness (QED) is 0.562. The van der Waals surface area contributed by atoms with Crippen LogP contribution in [0.3, 0.4) is 0 Å². The molecule has 0 amide bonds. The summed E-state index contributed by atoms with van der Waals surface area (Å²) in [5.41, 5.74) is 9.55. The molecule has 0 fully saturated rings. The molecule has 0 aromatic heterocycles. The van der Waals surface area contributed by atoms with Crippen LogP contribution in [0.1, 0.15) is 36.5 Å². The first-order valence-corrected chi connectivity index (χ1v) is 8.73. The molecule has 0 aliphatic carbocycles. The monoisotopic (exact) mass is 375 g/mol. The molecule has 0 bridgehead atoms. The molecule has 2 aromatic rings. The molecule has 0 radical (unpaired) electrons. The molecule has 0 spiro atoms. The smallest absolute Gasteiger partial charge is 0.131 e. The van der Waals surface area contributed by atoms with Crippen molar-refractivity contribution in [3.63, 3.8) is 0 Å². The summed E-state index contributed by atoms with van der Waals surface area (Å²) >= 11 is 6.19. The number of ether oxygens (including phenoxy) is 2. The van der Waals surface area contributed by atoms with Crippen molar-refractivity contribution in [3.8, 4) is 11.5 Å². The van der Waals surface area contributed by atoms with Crippen molar-refractivity contribution < 1.29 is 9.47 Å². The van der Waals surface area contributed by atoms with Crippen LogP contribution in [-0.4, -0.2) is 19.2 Å². The van der Waals surface area contributed by atoms with Gasteiger partial charge in [-0.05, 0) is 29.2 Å². The standard InChI is InChI=1S/C20H26ClN3O2/c1-13(2)15-9-16(20(26-4)10-19(15)25-3)18(22)12-24(23)11-14-7-5-6-8-17(14)21/h5-10,12-13H,11,22-23H2,1-4H3/b18-12-. The Hall–Kier alpha value is -2.37. The topological polar surface area (TPSA) is 73.7 Å². The second-order valence-electron chi connectivity index (χ2n) is 6.30. The molecule has 2 aromatic carbocycles. The van der Waals surface area contributed by atoms with Crippen molar-refractivity contribution >= 4 is 17.3 Å². The molecule has 0 atom stereocenters. The van der Waals surface area contributed by atoms with Gasteiger partial charge in [0.1, 0.15) is 11.5 Å². The number of hydrogen-bond donors (Lipinski definition) is 2. The van der Waals surface area contributed by atoms with Gasteiger partial charge in [-0.3, -0.25) is 0 Å². The Labute approximate surface area is 160 Å². The molecule has 0 saturated carbocycles. The molecule has 0 aliphatic heterocycles. The largest absolute Gasteiger partial charge is 0.496 e. The van der Waals surface area contributed by atoms with Crippen molar-refractivity contribution in [3.05, 3.63) is 64.3 Å². The molecular formula is C20H26ClN3O2. The summed E-state index contributed by atoms with van der Waals surface area (Å²) in [6.45, 7) is 4.64. The van der Waals surface area contributed by atoms with Crippen molar-refractivity contribution in [2.24, 2.45) is 11.6 Å². The average molecular weight is 376 g/mol. The summed E-state index contributed by atoms with van der Waals surface area (Å²) in [7, 11) is 3.25. The van der Waals surface area contributed by atoms with Gasteiger partial charge in [-0.25, -0.2) is 5.84 Å². The Morgan fingerprint density at radius 1 is 1.15 bits per heavy atom. The van der Waals surface area contributed by atoms with Gasteiger partial charge in [-0.15, -0.1) is 0 Å². The van der Waals surface area contributed by atoms with Crippen LogP contribution >= 0.6 is 11.6 Å². The molecule has 140 valence electrons. The fraction of sp³-hybridized carbons (Fsp3) is 0.300. The highest BCUT2D eigenvalue weighted by molar-refractivity contribution is 6.31. The van der Waals surface area contributed by atoms with Crippen LogP contribution in [0.25, 0.3) is 5.70 Å². The fourth-order valence-electron chi connectivity index (χ4n) is 2.72. The molecule has 5 nitrogen and oxygen atoms in total. The minimum atomic E-state index is 0.277. The van der Waals surface area contributed by atoms with Gasteiger partial charge in [-0.1, -0.05) is 43.6 Å². The number of hydrogen-bond acceptors (Lipinski definition) is 5. The zero-order valence-electron chi connectivity index (χ0n) is 15.6.